The first-order valence-corrected chi connectivity index (χ1v) is 9.83. The summed E-state index contributed by atoms with van der Waals surface area (Å²) in [6.07, 6.45) is 4.75. The third-order valence-electron chi connectivity index (χ3n) is 4.21. The highest BCUT2D eigenvalue weighted by Crippen LogP contribution is 2.16. The lowest BCUT2D eigenvalue weighted by Gasteiger charge is -2.33. The number of nitrogens with zero attached hydrogens (tertiary/aromatic N) is 1. The predicted molar refractivity (Wildman–Crippen MR) is 89.0 cm³/mol. The minimum absolute atomic E-state index is 0.309. The number of hydrogen-bond acceptors (Lipinski definition) is 4. The summed E-state index contributed by atoms with van der Waals surface area (Å²) >= 11 is 0. The Labute approximate surface area is 130 Å². The van der Waals surface area contributed by atoms with Gasteiger partial charge in [-0.25, -0.2) is 13.1 Å². The topological polar surface area (TPSA) is 61.4 Å². The van der Waals surface area contributed by atoms with Crippen LogP contribution in [0.1, 0.15) is 53.4 Å². The maximum Gasteiger partial charge on any atom is 0.215 e. The van der Waals surface area contributed by atoms with Crippen molar-refractivity contribution in [1.29, 1.82) is 0 Å². The molecule has 2 unspecified atom stereocenters. The fourth-order valence-corrected chi connectivity index (χ4v) is 3.67. The van der Waals surface area contributed by atoms with Crippen LogP contribution in [-0.4, -0.2) is 56.8 Å². The second-order valence-corrected chi connectivity index (χ2v) is 8.73. The quantitative estimate of drug-likeness (QED) is 0.633. The molecule has 0 aromatic heterocycles. The van der Waals surface area contributed by atoms with Crippen LogP contribution in [0.3, 0.4) is 0 Å². The molecule has 2 N–H and O–H groups in total. The van der Waals surface area contributed by atoms with Crippen molar-refractivity contribution < 1.29 is 8.42 Å². The average Bonchev–Trinajstić information content (AvgIpc) is 2.42. The van der Waals surface area contributed by atoms with Crippen molar-refractivity contribution in [2.75, 3.05) is 26.2 Å². The van der Waals surface area contributed by atoms with E-state index < -0.39 is 15.3 Å². The molecule has 21 heavy (non-hydrogen) atoms. The molecule has 0 aromatic rings. The van der Waals surface area contributed by atoms with E-state index in [1.165, 1.54) is 19.3 Å². The van der Waals surface area contributed by atoms with Crippen molar-refractivity contribution in [2.45, 2.75) is 70.7 Å². The van der Waals surface area contributed by atoms with Gasteiger partial charge in [0.25, 0.3) is 0 Å². The van der Waals surface area contributed by atoms with Gasteiger partial charge in [0.2, 0.25) is 10.0 Å². The summed E-state index contributed by atoms with van der Waals surface area (Å²) in [5.41, 5.74) is 0. The smallest absolute Gasteiger partial charge is 0.215 e. The zero-order valence-corrected chi connectivity index (χ0v) is 14.9. The Kier molecular flexibility index (Phi) is 8.16. The van der Waals surface area contributed by atoms with E-state index in [0.717, 1.165) is 19.5 Å². The van der Waals surface area contributed by atoms with E-state index in [4.69, 9.17) is 0 Å². The lowest BCUT2D eigenvalue weighted by molar-refractivity contribution is 0.159. The second kappa shape index (κ2) is 9.08. The molecule has 1 fully saturated rings. The molecule has 1 aliphatic heterocycles. The van der Waals surface area contributed by atoms with Gasteiger partial charge in [0, 0.05) is 25.2 Å². The van der Waals surface area contributed by atoms with E-state index in [-0.39, 0.29) is 0 Å². The molecule has 2 atom stereocenters. The largest absolute Gasteiger partial charge is 0.313 e. The van der Waals surface area contributed by atoms with Crippen molar-refractivity contribution in [3.8, 4) is 0 Å². The highest BCUT2D eigenvalue weighted by atomic mass is 32.2. The van der Waals surface area contributed by atoms with E-state index in [2.05, 4.69) is 21.9 Å². The molecular weight excluding hydrogens is 286 g/mol. The Morgan fingerprint density at radius 2 is 1.95 bits per heavy atom. The molecule has 1 saturated heterocycles. The van der Waals surface area contributed by atoms with Crippen molar-refractivity contribution in [3.05, 3.63) is 0 Å². The first-order valence-electron chi connectivity index (χ1n) is 8.29. The maximum absolute atomic E-state index is 12.1. The van der Waals surface area contributed by atoms with Crippen LogP contribution in [0.4, 0.5) is 0 Å². The number of rotatable bonds is 9. The van der Waals surface area contributed by atoms with E-state index in [0.29, 0.717) is 25.2 Å². The van der Waals surface area contributed by atoms with Gasteiger partial charge in [-0.1, -0.05) is 20.3 Å². The molecule has 0 aromatic carbocycles. The minimum Gasteiger partial charge on any atom is -0.313 e. The number of piperidine rings is 1. The number of nitrogens with one attached hydrogen (secondary N) is 2. The van der Waals surface area contributed by atoms with Crippen LogP contribution in [0.5, 0.6) is 0 Å². The van der Waals surface area contributed by atoms with E-state index in [1.54, 1.807) is 6.92 Å². The standard InChI is InChI=1S/C15H33N3O2S/c1-13(2)16-12-15(4)21(19,20)17-9-7-11-18-10-6-5-8-14(18)3/h13-17H,5-12H2,1-4H3. The molecule has 0 saturated carbocycles. The lowest BCUT2D eigenvalue weighted by Crippen LogP contribution is -2.42. The molecule has 0 amide bonds. The van der Waals surface area contributed by atoms with Crippen LogP contribution < -0.4 is 10.0 Å². The van der Waals surface area contributed by atoms with Gasteiger partial charge < -0.3 is 10.2 Å². The first kappa shape index (κ1) is 18.9. The zero-order valence-electron chi connectivity index (χ0n) is 14.1. The molecule has 1 rings (SSSR count). The molecule has 1 heterocycles. The SMILES string of the molecule is CC(C)NCC(C)S(=O)(=O)NCCCN1CCCCC1C. The van der Waals surface area contributed by atoms with E-state index in [9.17, 15) is 8.42 Å². The molecule has 0 bridgehead atoms. The van der Waals surface area contributed by atoms with Crippen molar-refractivity contribution >= 4 is 10.0 Å². The van der Waals surface area contributed by atoms with Gasteiger partial charge >= 0.3 is 0 Å². The van der Waals surface area contributed by atoms with Gasteiger partial charge in [-0.3, -0.25) is 0 Å². The normalized spacial score (nSPS) is 22.6. The highest BCUT2D eigenvalue weighted by molar-refractivity contribution is 7.90. The summed E-state index contributed by atoms with van der Waals surface area (Å²) in [4.78, 5) is 2.47. The van der Waals surface area contributed by atoms with Crippen LogP contribution in [0.15, 0.2) is 0 Å². The molecule has 5 nitrogen and oxygen atoms in total. The molecular formula is C15H33N3O2S. The summed E-state index contributed by atoms with van der Waals surface area (Å²) in [5.74, 6) is 0. The highest BCUT2D eigenvalue weighted by Gasteiger charge is 2.21. The first-order chi connectivity index (χ1) is 9.83. The van der Waals surface area contributed by atoms with E-state index >= 15 is 0 Å². The molecule has 6 heteroatoms. The van der Waals surface area contributed by atoms with Gasteiger partial charge in [-0.05, 0) is 46.2 Å². The van der Waals surface area contributed by atoms with Crippen LogP contribution in [-0.2, 0) is 10.0 Å². The molecule has 1 aliphatic rings. The van der Waals surface area contributed by atoms with E-state index in [1.807, 2.05) is 13.8 Å². The van der Waals surface area contributed by atoms with Crippen LogP contribution >= 0.6 is 0 Å². The van der Waals surface area contributed by atoms with Gasteiger partial charge in [-0.15, -0.1) is 0 Å². The van der Waals surface area contributed by atoms with Crippen molar-refractivity contribution in [3.63, 3.8) is 0 Å². The number of hydrogen-bond donors (Lipinski definition) is 2. The van der Waals surface area contributed by atoms with Crippen molar-refractivity contribution in [2.24, 2.45) is 0 Å². The Morgan fingerprint density at radius 3 is 2.57 bits per heavy atom. The van der Waals surface area contributed by atoms with Gasteiger partial charge in [0.15, 0.2) is 0 Å². The zero-order chi connectivity index (χ0) is 15.9. The number of likely N-dealkylation sites (tertiary alicyclic amines) is 1. The second-order valence-electron chi connectivity index (χ2n) is 6.55. The third kappa shape index (κ3) is 7.08. The summed E-state index contributed by atoms with van der Waals surface area (Å²) in [5, 5.41) is 2.78. The van der Waals surface area contributed by atoms with Crippen LogP contribution in [0.25, 0.3) is 0 Å². The monoisotopic (exact) mass is 319 g/mol. The van der Waals surface area contributed by atoms with Crippen LogP contribution in [0, 0.1) is 0 Å². The number of sulfonamides is 1. The molecule has 0 aliphatic carbocycles. The Balaban J connectivity index is 2.23. The minimum atomic E-state index is -3.20. The Bertz CT molecular complexity index is 384. The predicted octanol–water partition coefficient (Wildman–Crippen LogP) is 1.56. The third-order valence-corrected chi connectivity index (χ3v) is 6.04. The van der Waals surface area contributed by atoms with Crippen molar-refractivity contribution in [1.82, 2.24) is 14.9 Å². The summed E-state index contributed by atoms with van der Waals surface area (Å²) in [7, 11) is -3.20. The Hall–Kier alpha value is -0.170. The molecule has 0 radical (unpaired) electrons. The lowest BCUT2D eigenvalue weighted by atomic mass is 10.0. The fraction of sp³-hybridized carbons (Fsp3) is 1.00. The maximum atomic E-state index is 12.1. The average molecular weight is 320 g/mol. The Morgan fingerprint density at radius 1 is 1.24 bits per heavy atom. The molecule has 0 spiro atoms. The molecule has 126 valence electrons. The summed E-state index contributed by atoms with van der Waals surface area (Å²) in [6, 6.07) is 0.952. The fourth-order valence-electron chi connectivity index (χ4n) is 2.64. The van der Waals surface area contributed by atoms with Gasteiger partial charge in [-0.2, -0.15) is 0 Å². The summed E-state index contributed by atoms with van der Waals surface area (Å²) < 4.78 is 26.9. The van der Waals surface area contributed by atoms with Crippen LogP contribution in [0.2, 0.25) is 0 Å². The van der Waals surface area contributed by atoms with Gasteiger partial charge in [0.05, 0.1) is 5.25 Å². The summed E-state index contributed by atoms with van der Waals surface area (Å²) in [6.45, 7) is 11.2. The van der Waals surface area contributed by atoms with Gasteiger partial charge in [0.1, 0.15) is 0 Å².